The number of benzene rings is 3. The Hall–Kier alpha value is -3.61. The lowest BCUT2D eigenvalue weighted by molar-refractivity contribution is -0.143. The molecule has 0 spiro atoms. The number of rotatable bonds is 8. The summed E-state index contributed by atoms with van der Waals surface area (Å²) in [5, 5.41) is 20.9. The fourth-order valence-electron chi connectivity index (χ4n) is 5.12. The maximum absolute atomic E-state index is 13.6. The zero-order chi connectivity index (χ0) is 31.5. The number of piperidine rings is 1. The summed E-state index contributed by atoms with van der Waals surface area (Å²) in [6.07, 6.45) is -12.1. The molecule has 0 aliphatic carbocycles. The van der Waals surface area contributed by atoms with Gasteiger partial charge in [-0.05, 0) is 54.7 Å². The van der Waals surface area contributed by atoms with Crippen molar-refractivity contribution in [3.05, 3.63) is 107 Å². The summed E-state index contributed by atoms with van der Waals surface area (Å²) in [6, 6.07) is 18.6. The molecule has 1 fully saturated rings. The predicted molar refractivity (Wildman–Crippen MR) is 144 cm³/mol. The zero-order valence-electron chi connectivity index (χ0n) is 23.2. The average molecular weight is 612 g/mol. The van der Waals surface area contributed by atoms with Crippen LogP contribution in [0, 0.1) is 0 Å². The van der Waals surface area contributed by atoms with E-state index in [0.717, 1.165) is 0 Å². The first kappa shape index (κ1) is 32.3. The molecule has 0 saturated carbocycles. The number of ether oxygens (including phenoxy) is 2. The molecule has 3 atom stereocenters. The molecule has 4 rings (SSSR count). The highest BCUT2D eigenvalue weighted by Crippen LogP contribution is 2.43. The monoisotopic (exact) mass is 611 g/mol. The predicted octanol–water partition coefficient (Wildman–Crippen LogP) is 6.85. The van der Waals surface area contributed by atoms with Crippen molar-refractivity contribution in [2.75, 3.05) is 19.8 Å². The maximum atomic E-state index is 13.6. The highest BCUT2D eigenvalue weighted by molar-refractivity contribution is 5.70. The van der Waals surface area contributed by atoms with Crippen LogP contribution in [0.1, 0.15) is 53.7 Å². The number of β-amino-alcohol motifs (C(OH)–C–C–N with tert-alkyl or cyclic N) is 1. The van der Waals surface area contributed by atoms with Gasteiger partial charge in [0.05, 0.1) is 42.5 Å². The van der Waals surface area contributed by atoms with Gasteiger partial charge in [0.15, 0.2) is 0 Å². The standard InChI is InChI=1S/C31H31F6NO5/c1-21(23-14-25(30(32,33)34)16-26(15-23)31(35,36)37)43-20-29(24-10-6-3-7-11-24)13-12-28(41,19-39)18-38(29)27(40)42-17-22-8-4-2-5-9-22/h2-11,14-16,21,39,41H,12-13,17-20H2,1H3/t21-,28?,29-/m1/s1. The van der Waals surface area contributed by atoms with Gasteiger partial charge in [0, 0.05) is 0 Å². The lowest BCUT2D eigenvalue weighted by atomic mass is 9.76. The Balaban J connectivity index is 1.70. The number of carbonyl (C=O) groups excluding carboxylic acids is 1. The smallest absolute Gasteiger partial charge is 0.416 e. The van der Waals surface area contributed by atoms with Crippen molar-refractivity contribution < 1.29 is 50.8 Å². The lowest BCUT2D eigenvalue weighted by Crippen LogP contribution is -2.63. The number of amides is 1. The number of carbonyl (C=O) groups is 1. The fourth-order valence-corrected chi connectivity index (χ4v) is 5.12. The average Bonchev–Trinajstić information content (AvgIpc) is 2.99. The van der Waals surface area contributed by atoms with E-state index < -0.39 is 53.4 Å². The summed E-state index contributed by atoms with van der Waals surface area (Å²) >= 11 is 0. The summed E-state index contributed by atoms with van der Waals surface area (Å²) in [5.41, 5.74) is -5.10. The van der Waals surface area contributed by atoms with E-state index in [0.29, 0.717) is 23.3 Å². The molecule has 1 aliphatic heterocycles. The SMILES string of the molecule is C[C@@H](OC[C@@]1(c2ccccc2)CCC(O)(CO)CN1C(=O)OCc1ccccc1)c1cc(C(F)(F)F)cc(C(F)(F)F)c1. The highest BCUT2D eigenvalue weighted by Gasteiger charge is 2.51. The van der Waals surface area contributed by atoms with Gasteiger partial charge < -0.3 is 19.7 Å². The van der Waals surface area contributed by atoms with Gasteiger partial charge in [-0.3, -0.25) is 4.90 Å². The number of nitrogens with zero attached hydrogens (tertiary/aromatic N) is 1. The van der Waals surface area contributed by atoms with Crippen LogP contribution in [-0.4, -0.2) is 46.6 Å². The van der Waals surface area contributed by atoms with Gasteiger partial charge in [-0.25, -0.2) is 4.79 Å². The number of aliphatic hydroxyl groups excluding tert-OH is 1. The normalized spacial score (nSPS) is 21.8. The van der Waals surface area contributed by atoms with Gasteiger partial charge in [0.1, 0.15) is 12.2 Å². The van der Waals surface area contributed by atoms with Crippen molar-refractivity contribution in [3.63, 3.8) is 0 Å². The second-order valence-electron chi connectivity index (χ2n) is 10.7. The van der Waals surface area contributed by atoms with Crippen molar-refractivity contribution in [2.24, 2.45) is 0 Å². The molecule has 6 nitrogen and oxygen atoms in total. The van der Waals surface area contributed by atoms with Crippen LogP contribution in [-0.2, 0) is 34.0 Å². The van der Waals surface area contributed by atoms with E-state index in [1.165, 1.54) is 11.8 Å². The van der Waals surface area contributed by atoms with E-state index in [1.54, 1.807) is 60.7 Å². The van der Waals surface area contributed by atoms with E-state index in [2.05, 4.69) is 0 Å². The van der Waals surface area contributed by atoms with Gasteiger partial charge in [-0.2, -0.15) is 26.3 Å². The van der Waals surface area contributed by atoms with E-state index in [4.69, 9.17) is 9.47 Å². The van der Waals surface area contributed by atoms with Crippen molar-refractivity contribution in [2.45, 2.75) is 56.0 Å². The van der Waals surface area contributed by atoms with Crippen molar-refractivity contribution >= 4 is 6.09 Å². The molecular weight excluding hydrogens is 580 g/mol. The minimum absolute atomic E-state index is 0.0143. The molecule has 1 heterocycles. The molecule has 3 aromatic carbocycles. The number of alkyl halides is 6. The van der Waals surface area contributed by atoms with Crippen LogP contribution >= 0.6 is 0 Å². The van der Waals surface area contributed by atoms with E-state index in [1.807, 2.05) is 0 Å². The molecular formula is C31H31F6NO5. The molecule has 0 bridgehead atoms. The van der Waals surface area contributed by atoms with Crippen molar-refractivity contribution in [1.29, 1.82) is 0 Å². The third-order valence-corrected chi connectivity index (χ3v) is 7.66. The number of likely N-dealkylation sites (tertiary alicyclic amines) is 1. The largest absolute Gasteiger partial charge is 0.445 e. The topological polar surface area (TPSA) is 79.2 Å². The van der Waals surface area contributed by atoms with Crippen LogP contribution in [0.4, 0.5) is 31.1 Å². The van der Waals surface area contributed by atoms with Crippen LogP contribution < -0.4 is 0 Å². The molecule has 1 saturated heterocycles. The van der Waals surface area contributed by atoms with Crippen LogP contribution in [0.15, 0.2) is 78.9 Å². The summed E-state index contributed by atoms with van der Waals surface area (Å²) in [5.74, 6) is 0. The number of halogens is 6. The molecule has 1 amide bonds. The maximum Gasteiger partial charge on any atom is 0.416 e. The Morgan fingerprint density at radius 3 is 2.00 bits per heavy atom. The van der Waals surface area contributed by atoms with Crippen molar-refractivity contribution in [3.8, 4) is 0 Å². The number of hydrogen-bond donors (Lipinski definition) is 2. The van der Waals surface area contributed by atoms with Gasteiger partial charge >= 0.3 is 18.4 Å². The van der Waals surface area contributed by atoms with Crippen LogP contribution in [0.25, 0.3) is 0 Å². The minimum Gasteiger partial charge on any atom is -0.445 e. The van der Waals surface area contributed by atoms with Gasteiger partial charge in [0.25, 0.3) is 0 Å². The van der Waals surface area contributed by atoms with Gasteiger partial charge in [-0.1, -0.05) is 60.7 Å². The number of hydrogen-bond acceptors (Lipinski definition) is 5. The molecule has 1 aliphatic rings. The molecule has 232 valence electrons. The van der Waals surface area contributed by atoms with Crippen LogP contribution in [0.2, 0.25) is 0 Å². The lowest BCUT2D eigenvalue weighted by Gasteiger charge is -2.51. The Labute approximate surface area is 244 Å². The second-order valence-corrected chi connectivity index (χ2v) is 10.7. The summed E-state index contributed by atoms with van der Waals surface area (Å²) in [6.45, 7) is -0.190. The molecule has 1 unspecified atom stereocenters. The van der Waals surface area contributed by atoms with E-state index in [9.17, 15) is 41.4 Å². The first-order valence-electron chi connectivity index (χ1n) is 13.4. The van der Waals surface area contributed by atoms with Gasteiger partial charge in [0.2, 0.25) is 0 Å². The summed E-state index contributed by atoms with van der Waals surface area (Å²) in [7, 11) is 0. The van der Waals surface area contributed by atoms with Gasteiger partial charge in [-0.15, -0.1) is 0 Å². The molecule has 0 aromatic heterocycles. The van der Waals surface area contributed by atoms with E-state index >= 15 is 0 Å². The molecule has 0 radical (unpaired) electrons. The zero-order valence-corrected chi connectivity index (χ0v) is 23.2. The van der Waals surface area contributed by atoms with Crippen LogP contribution in [0.3, 0.4) is 0 Å². The Morgan fingerprint density at radius 1 is 0.907 bits per heavy atom. The molecule has 43 heavy (non-hydrogen) atoms. The number of aliphatic hydroxyl groups is 2. The molecule has 3 aromatic rings. The second kappa shape index (κ2) is 12.6. The first-order chi connectivity index (χ1) is 20.2. The third kappa shape index (κ3) is 7.49. The molecule has 12 heteroatoms. The Bertz CT molecular complexity index is 1350. The van der Waals surface area contributed by atoms with Crippen LogP contribution in [0.5, 0.6) is 0 Å². The quantitative estimate of drug-likeness (QED) is 0.273. The summed E-state index contributed by atoms with van der Waals surface area (Å²) < 4.78 is 92.5. The Kier molecular flexibility index (Phi) is 9.43. The third-order valence-electron chi connectivity index (χ3n) is 7.66. The Morgan fingerprint density at radius 2 is 1.47 bits per heavy atom. The van der Waals surface area contributed by atoms with E-state index in [-0.39, 0.29) is 44.2 Å². The minimum atomic E-state index is -5.03. The fraction of sp³-hybridized carbons (Fsp3) is 0.387. The highest BCUT2D eigenvalue weighted by atomic mass is 19.4. The summed E-state index contributed by atoms with van der Waals surface area (Å²) in [4.78, 5) is 14.8. The first-order valence-corrected chi connectivity index (χ1v) is 13.4. The molecule has 2 N–H and O–H groups in total. The van der Waals surface area contributed by atoms with Crippen molar-refractivity contribution in [1.82, 2.24) is 4.90 Å².